The molecule has 0 amide bonds. The fourth-order valence-corrected chi connectivity index (χ4v) is 6.84. The van der Waals surface area contributed by atoms with Crippen LogP contribution in [-0.2, 0) is 0 Å². The Labute approximate surface area is 220 Å². The highest BCUT2D eigenvalue weighted by atomic mass is 32.1. The first-order valence-corrected chi connectivity index (χ1v) is 13.5. The van der Waals surface area contributed by atoms with E-state index in [1.807, 2.05) is 11.3 Å². The number of hydrogen-bond acceptors (Lipinski definition) is 2. The second kappa shape index (κ2) is 8.43. The molecule has 7 aromatic rings. The van der Waals surface area contributed by atoms with Gasteiger partial charge in [-0.1, -0.05) is 60.2 Å². The van der Waals surface area contributed by atoms with Crippen LogP contribution in [0.3, 0.4) is 0 Å². The largest absolute Gasteiger partial charge is 0.292 e. The lowest BCUT2D eigenvalue weighted by atomic mass is 9.97. The first kappa shape index (κ1) is 22.0. The number of aromatic nitrogens is 2. The van der Waals surface area contributed by atoms with E-state index in [9.17, 15) is 0 Å². The number of rotatable bonds is 3. The van der Waals surface area contributed by atoms with E-state index in [1.54, 1.807) is 0 Å². The second-order valence-corrected chi connectivity index (χ2v) is 10.9. The monoisotopic (exact) mass is 494 g/mol. The molecule has 0 spiro atoms. The van der Waals surface area contributed by atoms with Crippen molar-refractivity contribution in [3.63, 3.8) is 0 Å². The molecule has 0 aliphatic rings. The number of benzene rings is 5. The zero-order valence-electron chi connectivity index (χ0n) is 21.1. The van der Waals surface area contributed by atoms with Crippen LogP contribution >= 0.6 is 11.3 Å². The molecule has 0 saturated heterocycles. The molecule has 5 aromatic carbocycles. The van der Waals surface area contributed by atoms with Gasteiger partial charge in [-0.05, 0) is 91.6 Å². The molecule has 178 valence electrons. The Bertz CT molecular complexity index is 1960. The van der Waals surface area contributed by atoms with Crippen molar-refractivity contribution < 1.29 is 0 Å². The lowest BCUT2D eigenvalue weighted by Gasteiger charge is -2.11. The van der Waals surface area contributed by atoms with Crippen LogP contribution in [0.5, 0.6) is 0 Å². The zero-order valence-corrected chi connectivity index (χ0v) is 21.9. The molecular formula is C34H26N2S. The summed E-state index contributed by atoms with van der Waals surface area (Å²) < 4.78 is 5.00. The van der Waals surface area contributed by atoms with Gasteiger partial charge >= 0.3 is 0 Å². The van der Waals surface area contributed by atoms with Gasteiger partial charge in [0.25, 0.3) is 0 Å². The van der Waals surface area contributed by atoms with Gasteiger partial charge in [0, 0.05) is 31.4 Å². The van der Waals surface area contributed by atoms with Gasteiger partial charge in [-0.2, -0.15) is 0 Å². The molecule has 37 heavy (non-hydrogen) atoms. The molecular weight excluding hydrogens is 468 g/mol. The van der Waals surface area contributed by atoms with Gasteiger partial charge in [-0.3, -0.25) is 4.57 Å². The summed E-state index contributed by atoms with van der Waals surface area (Å²) >= 11 is 1.91. The van der Waals surface area contributed by atoms with Gasteiger partial charge in [0.05, 0.1) is 11.0 Å². The molecule has 0 aliphatic carbocycles. The van der Waals surface area contributed by atoms with Crippen molar-refractivity contribution in [3.05, 3.63) is 120 Å². The highest BCUT2D eigenvalue weighted by Gasteiger charge is 2.17. The van der Waals surface area contributed by atoms with Crippen LogP contribution in [0.4, 0.5) is 0 Å². The van der Waals surface area contributed by atoms with E-state index in [4.69, 9.17) is 4.98 Å². The quantitative estimate of drug-likeness (QED) is 0.239. The normalized spacial score (nSPS) is 11.6. The first-order chi connectivity index (χ1) is 18.1. The van der Waals surface area contributed by atoms with Crippen LogP contribution in [0, 0.1) is 20.8 Å². The minimum atomic E-state index is 0.959. The number of fused-ring (bicyclic) bond motifs is 4. The van der Waals surface area contributed by atoms with Gasteiger partial charge < -0.3 is 0 Å². The van der Waals surface area contributed by atoms with Crippen LogP contribution in [-0.4, -0.2) is 9.55 Å². The molecule has 0 radical (unpaired) electrons. The van der Waals surface area contributed by atoms with Crippen molar-refractivity contribution in [3.8, 4) is 28.2 Å². The Hall–Kier alpha value is -4.21. The third-order valence-corrected chi connectivity index (χ3v) is 8.54. The highest BCUT2D eigenvalue weighted by molar-refractivity contribution is 7.26. The molecule has 2 heterocycles. The molecule has 0 atom stereocenters. The molecule has 0 N–H and O–H groups in total. The van der Waals surface area contributed by atoms with Crippen LogP contribution in [0.15, 0.2) is 103 Å². The average Bonchev–Trinajstić information content (AvgIpc) is 3.48. The maximum Gasteiger partial charge on any atom is 0.145 e. The maximum absolute atomic E-state index is 5.10. The molecule has 3 heteroatoms. The maximum atomic E-state index is 5.10. The summed E-state index contributed by atoms with van der Waals surface area (Å²) in [6.07, 6.45) is 0. The Kier molecular flexibility index (Phi) is 5.02. The minimum Gasteiger partial charge on any atom is -0.292 e. The molecule has 0 saturated carbocycles. The van der Waals surface area contributed by atoms with Gasteiger partial charge in [0.15, 0.2) is 0 Å². The molecule has 7 rings (SSSR count). The first-order valence-electron chi connectivity index (χ1n) is 12.6. The predicted molar refractivity (Wildman–Crippen MR) is 159 cm³/mol. The zero-order chi connectivity index (χ0) is 25.1. The SMILES string of the molecule is Cc1cc(C)c2sc3c(-c4cccc(-c5nc6ccccc6n5-c5ccccc5)c4)cc(C)cc3c2c1. The molecule has 0 aliphatic heterocycles. The molecule has 2 nitrogen and oxygen atoms in total. The van der Waals surface area contributed by atoms with Crippen molar-refractivity contribution in [2.24, 2.45) is 0 Å². The highest BCUT2D eigenvalue weighted by Crippen LogP contribution is 2.43. The summed E-state index contributed by atoms with van der Waals surface area (Å²) in [4.78, 5) is 5.10. The van der Waals surface area contributed by atoms with E-state index in [2.05, 4.69) is 128 Å². The number of aryl methyl sites for hydroxylation is 3. The van der Waals surface area contributed by atoms with Crippen LogP contribution in [0.25, 0.3) is 59.4 Å². The van der Waals surface area contributed by atoms with Crippen molar-refractivity contribution in [1.29, 1.82) is 0 Å². The standard InChI is InChI=1S/C34H26N2S/c1-21-16-23(3)32-28(18-21)29-19-22(2)17-27(33(29)37-32)24-10-9-11-25(20-24)34-35-30-14-7-8-15-31(30)36(34)26-12-5-4-6-13-26/h4-20H,1-3H3. The number of hydrogen-bond donors (Lipinski definition) is 0. The van der Waals surface area contributed by atoms with Gasteiger partial charge in [0.1, 0.15) is 5.82 Å². The summed E-state index contributed by atoms with van der Waals surface area (Å²) in [5, 5.41) is 2.72. The summed E-state index contributed by atoms with van der Waals surface area (Å²) in [7, 11) is 0. The van der Waals surface area contributed by atoms with E-state index in [1.165, 1.54) is 48.0 Å². The Balaban J connectivity index is 1.47. The summed E-state index contributed by atoms with van der Waals surface area (Å²) in [6.45, 7) is 6.62. The van der Waals surface area contributed by atoms with Crippen LogP contribution in [0.1, 0.15) is 16.7 Å². The van der Waals surface area contributed by atoms with Crippen molar-refractivity contribution in [2.45, 2.75) is 20.8 Å². The summed E-state index contributed by atoms with van der Waals surface area (Å²) in [5.74, 6) is 0.959. The summed E-state index contributed by atoms with van der Waals surface area (Å²) in [6, 6.07) is 37.1. The molecule has 2 aromatic heterocycles. The Morgan fingerprint density at radius 3 is 2.16 bits per heavy atom. The topological polar surface area (TPSA) is 17.8 Å². The van der Waals surface area contributed by atoms with Crippen molar-refractivity contribution in [1.82, 2.24) is 9.55 Å². The predicted octanol–water partition coefficient (Wildman–Crippen LogP) is 9.65. The number of imidazole rings is 1. The third kappa shape index (κ3) is 3.58. The van der Waals surface area contributed by atoms with Gasteiger partial charge in [-0.15, -0.1) is 11.3 Å². The van der Waals surface area contributed by atoms with E-state index in [0.717, 1.165) is 28.1 Å². The van der Waals surface area contributed by atoms with Gasteiger partial charge in [0.2, 0.25) is 0 Å². The summed E-state index contributed by atoms with van der Waals surface area (Å²) in [5.41, 5.74) is 10.8. The minimum absolute atomic E-state index is 0.959. The smallest absolute Gasteiger partial charge is 0.145 e. The average molecular weight is 495 g/mol. The third-order valence-electron chi connectivity index (χ3n) is 7.15. The Morgan fingerprint density at radius 2 is 1.32 bits per heavy atom. The van der Waals surface area contributed by atoms with E-state index >= 15 is 0 Å². The Morgan fingerprint density at radius 1 is 0.622 bits per heavy atom. The number of para-hydroxylation sites is 3. The van der Waals surface area contributed by atoms with Crippen molar-refractivity contribution in [2.75, 3.05) is 0 Å². The molecule has 0 bridgehead atoms. The van der Waals surface area contributed by atoms with Crippen molar-refractivity contribution >= 4 is 42.5 Å². The van der Waals surface area contributed by atoms with Crippen LogP contribution in [0.2, 0.25) is 0 Å². The van der Waals surface area contributed by atoms with Gasteiger partial charge in [-0.25, -0.2) is 4.98 Å². The van der Waals surface area contributed by atoms with E-state index in [0.29, 0.717) is 0 Å². The fraction of sp³-hybridized carbons (Fsp3) is 0.0882. The van der Waals surface area contributed by atoms with Crippen LogP contribution < -0.4 is 0 Å². The second-order valence-electron chi connectivity index (χ2n) is 9.93. The van der Waals surface area contributed by atoms with E-state index in [-0.39, 0.29) is 0 Å². The lowest BCUT2D eigenvalue weighted by molar-refractivity contribution is 1.10. The molecule has 0 unspecified atom stereocenters. The number of nitrogens with zero attached hydrogens (tertiary/aromatic N) is 2. The van der Waals surface area contributed by atoms with E-state index < -0.39 is 0 Å². The molecule has 0 fully saturated rings. The lowest BCUT2D eigenvalue weighted by Crippen LogP contribution is -1.97. The number of thiophene rings is 1. The fourth-order valence-electron chi connectivity index (χ4n) is 5.57.